The second-order valence-electron chi connectivity index (χ2n) is 1.60. The molecule has 1 aromatic heterocycles. The molecule has 10 heavy (non-hydrogen) atoms. The van der Waals surface area contributed by atoms with Crippen molar-refractivity contribution < 1.29 is 0 Å². The molecule has 0 aliphatic heterocycles. The minimum absolute atomic E-state index is 0.180. The molecule has 54 valence electrons. The molecule has 0 saturated heterocycles. The highest BCUT2D eigenvalue weighted by Gasteiger charge is 1.97. The van der Waals surface area contributed by atoms with E-state index in [0.717, 1.165) is 0 Å². The van der Waals surface area contributed by atoms with Crippen LogP contribution in [-0.2, 0) is 4.43 Å². The number of alkyl halides is 1. The summed E-state index contributed by atoms with van der Waals surface area (Å²) in [6, 6.07) is 0. The van der Waals surface area contributed by atoms with Gasteiger partial charge in [-0.25, -0.2) is 0 Å². The molecule has 0 amide bonds. The van der Waals surface area contributed by atoms with Crippen LogP contribution >= 0.6 is 22.6 Å². The van der Waals surface area contributed by atoms with Crippen molar-refractivity contribution in [2.75, 3.05) is 11.5 Å². The Morgan fingerprint density at radius 1 is 1.10 bits per heavy atom. The summed E-state index contributed by atoms with van der Waals surface area (Å²) in [7, 11) is 0. The van der Waals surface area contributed by atoms with Crippen molar-refractivity contribution in [3.63, 3.8) is 0 Å². The summed E-state index contributed by atoms with van der Waals surface area (Å²) in [5.41, 5.74) is 10.6. The van der Waals surface area contributed by atoms with Crippen molar-refractivity contribution in [3.05, 3.63) is 5.82 Å². The van der Waals surface area contributed by atoms with Crippen LogP contribution in [0.15, 0.2) is 0 Å². The standard InChI is InChI=1S/C4H6IN5/c5-1-2-8-3(6)10-4(7)9-2/h1H2,(H4,6,7,8,9,10). The highest BCUT2D eigenvalue weighted by Crippen LogP contribution is 2.02. The fraction of sp³-hybridized carbons (Fsp3) is 0.250. The van der Waals surface area contributed by atoms with Gasteiger partial charge in [0.25, 0.3) is 0 Å². The lowest BCUT2D eigenvalue weighted by Gasteiger charge is -1.96. The third kappa shape index (κ3) is 1.66. The summed E-state index contributed by atoms with van der Waals surface area (Å²) in [6.45, 7) is 0. The van der Waals surface area contributed by atoms with Crippen LogP contribution in [0.4, 0.5) is 11.9 Å². The quantitative estimate of drug-likeness (QED) is 0.540. The van der Waals surface area contributed by atoms with Gasteiger partial charge in [-0.2, -0.15) is 15.0 Å². The molecule has 0 radical (unpaired) electrons. The van der Waals surface area contributed by atoms with Crippen LogP contribution in [0.25, 0.3) is 0 Å². The minimum Gasteiger partial charge on any atom is -0.368 e. The van der Waals surface area contributed by atoms with Gasteiger partial charge in [0.1, 0.15) is 5.82 Å². The third-order valence-corrected chi connectivity index (χ3v) is 1.52. The maximum atomic E-state index is 5.29. The zero-order chi connectivity index (χ0) is 7.56. The molecule has 0 atom stereocenters. The third-order valence-electron chi connectivity index (χ3n) is 0.836. The van der Waals surface area contributed by atoms with Crippen LogP contribution in [0.2, 0.25) is 0 Å². The van der Waals surface area contributed by atoms with Gasteiger partial charge in [-0.15, -0.1) is 0 Å². The lowest BCUT2D eigenvalue weighted by Crippen LogP contribution is -2.05. The molecule has 1 rings (SSSR count). The molecule has 4 N–H and O–H groups in total. The molecule has 0 unspecified atom stereocenters. The van der Waals surface area contributed by atoms with Gasteiger partial charge in [0, 0.05) is 0 Å². The maximum absolute atomic E-state index is 5.29. The topological polar surface area (TPSA) is 90.7 Å². The fourth-order valence-corrected chi connectivity index (χ4v) is 0.858. The van der Waals surface area contributed by atoms with Gasteiger partial charge in [0.05, 0.1) is 4.43 Å². The van der Waals surface area contributed by atoms with E-state index in [1.54, 1.807) is 0 Å². The predicted octanol–water partition coefficient (Wildman–Crippen LogP) is -0.0290. The monoisotopic (exact) mass is 251 g/mol. The van der Waals surface area contributed by atoms with Crippen molar-refractivity contribution in [3.8, 4) is 0 Å². The highest BCUT2D eigenvalue weighted by molar-refractivity contribution is 14.1. The lowest BCUT2D eigenvalue weighted by molar-refractivity contribution is 0.997. The van der Waals surface area contributed by atoms with Gasteiger partial charge in [0.15, 0.2) is 0 Å². The largest absolute Gasteiger partial charge is 0.368 e. The number of hydrogen-bond acceptors (Lipinski definition) is 5. The van der Waals surface area contributed by atoms with Gasteiger partial charge in [-0.1, -0.05) is 22.6 Å². The Kier molecular flexibility index (Phi) is 2.20. The Labute approximate surface area is 71.4 Å². The second kappa shape index (κ2) is 2.95. The summed E-state index contributed by atoms with van der Waals surface area (Å²) in [6.07, 6.45) is 0. The molecule has 0 fully saturated rings. The minimum atomic E-state index is 0.180. The number of halogens is 1. The first-order valence-electron chi connectivity index (χ1n) is 2.54. The second-order valence-corrected chi connectivity index (χ2v) is 2.36. The van der Waals surface area contributed by atoms with E-state index >= 15 is 0 Å². The summed E-state index contributed by atoms with van der Waals surface area (Å²) in [5, 5.41) is 0. The van der Waals surface area contributed by atoms with Crippen LogP contribution in [0.1, 0.15) is 5.82 Å². The average Bonchev–Trinajstić information content (AvgIpc) is 1.85. The first kappa shape index (κ1) is 7.45. The van der Waals surface area contributed by atoms with E-state index in [0.29, 0.717) is 10.3 Å². The van der Waals surface area contributed by atoms with Crippen LogP contribution in [0, 0.1) is 0 Å². The molecule has 0 spiro atoms. The Balaban J connectivity index is 3.06. The van der Waals surface area contributed by atoms with Gasteiger partial charge < -0.3 is 11.5 Å². The van der Waals surface area contributed by atoms with E-state index in [2.05, 4.69) is 37.5 Å². The van der Waals surface area contributed by atoms with E-state index in [9.17, 15) is 0 Å². The van der Waals surface area contributed by atoms with Gasteiger partial charge >= 0.3 is 0 Å². The number of aromatic nitrogens is 3. The molecular weight excluding hydrogens is 245 g/mol. The molecule has 1 heterocycles. The van der Waals surface area contributed by atoms with Crippen molar-refractivity contribution >= 4 is 34.5 Å². The molecule has 0 aromatic carbocycles. The van der Waals surface area contributed by atoms with E-state index in [1.165, 1.54) is 0 Å². The number of rotatable bonds is 1. The van der Waals surface area contributed by atoms with Crippen LogP contribution in [-0.4, -0.2) is 15.0 Å². The van der Waals surface area contributed by atoms with Crippen molar-refractivity contribution in [1.82, 2.24) is 15.0 Å². The molecule has 0 bridgehead atoms. The van der Waals surface area contributed by atoms with Crippen molar-refractivity contribution in [1.29, 1.82) is 0 Å². The summed E-state index contributed by atoms with van der Waals surface area (Å²) in [4.78, 5) is 11.3. The Morgan fingerprint density at radius 3 is 2.00 bits per heavy atom. The zero-order valence-electron chi connectivity index (χ0n) is 5.08. The average molecular weight is 251 g/mol. The number of hydrogen-bond donors (Lipinski definition) is 2. The highest BCUT2D eigenvalue weighted by atomic mass is 127. The molecule has 5 nitrogen and oxygen atoms in total. The van der Waals surface area contributed by atoms with Gasteiger partial charge in [-0.05, 0) is 0 Å². The first-order valence-corrected chi connectivity index (χ1v) is 4.07. The molecular formula is C4H6IN5. The number of anilines is 2. The van der Waals surface area contributed by atoms with Crippen molar-refractivity contribution in [2.45, 2.75) is 4.43 Å². The van der Waals surface area contributed by atoms with E-state index < -0.39 is 0 Å². The van der Waals surface area contributed by atoms with E-state index in [4.69, 9.17) is 11.5 Å². The normalized spacial score (nSPS) is 9.70. The molecule has 0 saturated carbocycles. The number of nitrogen functional groups attached to an aromatic ring is 2. The van der Waals surface area contributed by atoms with E-state index in [-0.39, 0.29) is 11.9 Å². The number of nitrogens with two attached hydrogens (primary N) is 2. The van der Waals surface area contributed by atoms with Gasteiger partial charge in [-0.3, -0.25) is 0 Å². The lowest BCUT2D eigenvalue weighted by atomic mass is 10.7. The first-order chi connectivity index (χ1) is 4.72. The number of nitrogens with zero attached hydrogens (tertiary/aromatic N) is 3. The Hall–Kier alpha value is -0.660. The smallest absolute Gasteiger partial charge is 0.225 e. The fourth-order valence-electron chi connectivity index (χ4n) is 0.517. The molecule has 0 aliphatic rings. The summed E-state index contributed by atoms with van der Waals surface area (Å²) in [5.74, 6) is 0.976. The van der Waals surface area contributed by atoms with Crippen LogP contribution in [0.5, 0.6) is 0 Å². The molecule has 0 aliphatic carbocycles. The maximum Gasteiger partial charge on any atom is 0.225 e. The van der Waals surface area contributed by atoms with Crippen LogP contribution < -0.4 is 11.5 Å². The Morgan fingerprint density at radius 2 is 1.60 bits per heavy atom. The Bertz CT molecular complexity index is 217. The van der Waals surface area contributed by atoms with Crippen LogP contribution in [0.3, 0.4) is 0 Å². The molecule has 6 heteroatoms. The van der Waals surface area contributed by atoms with Gasteiger partial charge in [0.2, 0.25) is 11.9 Å². The zero-order valence-corrected chi connectivity index (χ0v) is 7.24. The van der Waals surface area contributed by atoms with Crippen molar-refractivity contribution in [2.24, 2.45) is 0 Å². The summed E-state index contributed by atoms with van der Waals surface area (Å²) < 4.78 is 0.689. The summed E-state index contributed by atoms with van der Waals surface area (Å²) >= 11 is 2.12. The predicted molar refractivity (Wildman–Crippen MR) is 46.4 cm³/mol. The SMILES string of the molecule is Nc1nc(N)nc(CI)n1. The van der Waals surface area contributed by atoms with E-state index in [1.807, 2.05) is 0 Å². The molecule has 1 aromatic rings.